The van der Waals surface area contributed by atoms with Gasteiger partial charge in [-0.25, -0.2) is 9.97 Å². The average molecular weight is 327 g/mol. The van der Waals surface area contributed by atoms with Gasteiger partial charge in [0.2, 0.25) is 0 Å². The topological polar surface area (TPSA) is 29.0 Å². The fourth-order valence-corrected chi connectivity index (χ4v) is 2.21. The number of benzene rings is 1. The van der Waals surface area contributed by atoms with Gasteiger partial charge in [-0.15, -0.1) is 0 Å². The highest BCUT2D eigenvalue weighted by Crippen LogP contribution is 2.28. The van der Waals surface area contributed by atoms with Crippen LogP contribution >= 0.6 is 27.5 Å². The molecule has 0 N–H and O–H groups in total. The van der Waals surface area contributed by atoms with E-state index in [0.29, 0.717) is 0 Å². The fourth-order valence-electron chi connectivity index (χ4n) is 1.71. The van der Waals surface area contributed by atoms with Crippen molar-refractivity contribution >= 4 is 33.3 Å². The molecule has 0 radical (unpaired) electrons. The molecule has 1 atom stereocenters. The molecule has 1 aromatic carbocycles. The summed E-state index contributed by atoms with van der Waals surface area (Å²) in [5.74, 6) is 0.811. The standard InChI is InChI=1S/C13H13BrClN3/c1-9(10-5-3-4-6-11(10)15)18(2)13-8-16-12(14)7-17-13/h3-9H,1-2H3. The Balaban J connectivity index is 2.26. The van der Waals surface area contributed by atoms with Gasteiger partial charge in [0.25, 0.3) is 0 Å². The van der Waals surface area contributed by atoms with E-state index in [-0.39, 0.29) is 6.04 Å². The second kappa shape index (κ2) is 5.67. The molecule has 0 bridgehead atoms. The molecule has 0 amide bonds. The van der Waals surface area contributed by atoms with Gasteiger partial charge in [0, 0.05) is 12.1 Å². The van der Waals surface area contributed by atoms with Gasteiger partial charge in [0.05, 0.1) is 18.4 Å². The first-order valence-electron chi connectivity index (χ1n) is 5.54. The molecule has 1 unspecified atom stereocenters. The molecule has 2 aromatic rings. The number of anilines is 1. The third-order valence-electron chi connectivity index (χ3n) is 2.90. The zero-order chi connectivity index (χ0) is 13.1. The molecule has 3 nitrogen and oxygen atoms in total. The first kappa shape index (κ1) is 13.3. The normalized spacial score (nSPS) is 12.2. The molecular weight excluding hydrogens is 314 g/mol. The highest BCUT2D eigenvalue weighted by Gasteiger charge is 2.15. The van der Waals surface area contributed by atoms with E-state index >= 15 is 0 Å². The Morgan fingerprint density at radius 1 is 1.22 bits per heavy atom. The minimum Gasteiger partial charge on any atom is -0.352 e. The summed E-state index contributed by atoms with van der Waals surface area (Å²) in [4.78, 5) is 10.5. The summed E-state index contributed by atoms with van der Waals surface area (Å²) in [7, 11) is 1.98. The zero-order valence-corrected chi connectivity index (χ0v) is 12.5. The quantitative estimate of drug-likeness (QED) is 0.850. The molecule has 1 aromatic heterocycles. The van der Waals surface area contributed by atoms with E-state index in [1.165, 1.54) is 0 Å². The maximum absolute atomic E-state index is 6.21. The number of rotatable bonds is 3. The molecule has 0 aliphatic carbocycles. The van der Waals surface area contributed by atoms with Gasteiger partial charge in [-0.1, -0.05) is 29.8 Å². The molecule has 18 heavy (non-hydrogen) atoms. The molecule has 94 valence electrons. The van der Waals surface area contributed by atoms with Crippen LogP contribution in [0.25, 0.3) is 0 Å². The summed E-state index contributed by atoms with van der Waals surface area (Å²) in [5, 5.41) is 0.766. The van der Waals surface area contributed by atoms with Crippen molar-refractivity contribution in [3.05, 3.63) is 51.8 Å². The summed E-state index contributed by atoms with van der Waals surface area (Å²) >= 11 is 9.48. The first-order valence-corrected chi connectivity index (χ1v) is 6.71. The summed E-state index contributed by atoms with van der Waals surface area (Å²) < 4.78 is 0.727. The number of halogens is 2. The highest BCUT2D eigenvalue weighted by atomic mass is 79.9. The SMILES string of the molecule is CC(c1ccccc1Cl)N(C)c1cnc(Br)cn1. The van der Waals surface area contributed by atoms with Crippen LogP contribution in [0.4, 0.5) is 5.82 Å². The third-order valence-corrected chi connectivity index (χ3v) is 3.66. The molecule has 2 rings (SSSR count). The van der Waals surface area contributed by atoms with Crippen molar-refractivity contribution in [1.29, 1.82) is 0 Å². The van der Waals surface area contributed by atoms with Crippen LogP contribution in [0.5, 0.6) is 0 Å². The molecule has 1 heterocycles. The molecule has 0 aliphatic rings. The molecule has 0 spiro atoms. The number of hydrogen-bond donors (Lipinski definition) is 0. The number of nitrogens with zero attached hydrogens (tertiary/aromatic N) is 3. The Hall–Kier alpha value is -1.13. The van der Waals surface area contributed by atoms with Gasteiger partial charge < -0.3 is 4.90 Å². The highest BCUT2D eigenvalue weighted by molar-refractivity contribution is 9.10. The van der Waals surface area contributed by atoms with Crippen LogP contribution in [0.3, 0.4) is 0 Å². The van der Waals surface area contributed by atoms with Crippen LogP contribution in [-0.2, 0) is 0 Å². The second-order valence-electron chi connectivity index (χ2n) is 4.01. The van der Waals surface area contributed by atoms with E-state index in [4.69, 9.17) is 11.6 Å². The van der Waals surface area contributed by atoms with Gasteiger partial charge in [-0.05, 0) is 34.5 Å². The molecule has 0 saturated carbocycles. The predicted octanol–water partition coefficient (Wildman–Crippen LogP) is 4.09. The van der Waals surface area contributed by atoms with Crippen LogP contribution < -0.4 is 4.90 Å². The van der Waals surface area contributed by atoms with E-state index in [9.17, 15) is 0 Å². The predicted molar refractivity (Wildman–Crippen MR) is 78.0 cm³/mol. The van der Waals surface area contributed by atoms with Gasteiger partial charge in [-0.3, -0.25) is 0 Å². The number of hydrogen-bond acceptors (Lipinski definition) is 3. The lowest BCUT2D eigenvalue weighted by Crippen LogP contribution is -2.23. The summed E-state index contributed by atoms with van der Waals surface area (Å²) in [6.07, 6.45) is 3.42. The maximum Gasteiger partial charge on any atom is 0.147 e. The smallest absolute Gasteiger partial charge is 0.147 e. The Labute approximate surface area is 120 Å². The molecular formula is C13H13BrClN3. The van der Waals surface area contributed by atoms with E-state index in [0.717, 1.165) is 21.0 Å². The molecule has 0 fully saturated rings. The first-order chi connectivity index (χ1) is 8.59. The Morgan fingerprint density at radius 2 is 1.94 bits per heavy atom. The lowest BCUT2D eigenvalue weighted by atomic mass is 10.1. The van der Waals surface area contributed by atoms with Crippen molar-refractivity contribution < 1.29 is 0 Å². The zero-order valence-electron chi connectivity index (χ0n) is 10.1. The van der Waals surface area contributed by atoms with E-state index in [1.807, 2.05) is 36.2 Å². The largest absolute Gasteiger partial charge is 0.352 e. The van der Waals surface area contributed by atoms with Crippen LogP contribution in [0.1, 0.15) is 18.5 Å². The second-order valence-corrected chi connectivity index (χ2v) is 5.23. The van der Waals surface area contributed by atoms with Crippen LogP contribution in [0.2, 0.25) is 5.02 Å². The van der Waals surface area contributed by atoms with Crippen molar-refractivity contribution in [2.45, 2.75) is 13.0 Å². The van der Waals surface area contributed by atoms with Gasteiger partial charge in [0.1, 0.15) is 10.4 Å². The Morgan fingerprint density at radius 3 is 2.56 bits per heavy atom. The van der Waals surface area contributed by atoms with Gasteiger partial charge in [0.15, 0.2) is 0 Å². The third kappa shape index (κ3) is 2.82. The Bertz CT molecular complexity index is 530. The fraction of sp³-hybridized carbons (Fsp3) is 0.231. The van der Waals surface area contributed by atoms with E-state index < -0.39 is 0 Å². The maximum atomic E-state index is 6.21. The average Bonchev–Trinajstić information content (AvgIpc) is 2.38. The van der Waals surface area contributed by atoms with Crippen LogP contribution in [0, 0.1) is 0 Å². The minimum atomic E-state index is 0.133. The van der Waals surface area contributed by atoms with Gasteiger partial charge in [-0.2, -0.15) is 0 Å². The van der Waals surface area contributed by atoms with Crippen LogP contribution in [-0.4, -0.2) is 17.0 Å². The lowest BCUT2D eigenvalue weighted by molar-refractivity contribution is 0.726. The van der Waals surface area contributed by atoms with Crippen molar-refractivity contribution in [2.75, 3.05) is 11.9 Å². The van der Waals surface area contributed by atoms with Crippen molar-refractivity contribution in [3.63, 3.8) is 0 Å². The Kier molecular flexibility index (Phi) is 4.19. The van der Waals surface area contributed by atoms with Crippen molar-refractivity contribution in [1.82, 2.24) is 9.97 Å². The van der Waals surface area contributed by atoms with Gasteiger partial charge >= 0.3 is 0 Å². The lowest BCUT2D eigenvalue weighted by Gasteiger charge is -2.26. The number of aromatic nitrogens is 2. The van der Waals surface area contributed by atoms with Crippen molar-refractivity contribution in [2.24, 2.45) is 0 Å². The van der Waals surface area contributed by atoms with Crippen LogP contribution in [0.15, 0.2) is 41.3 Å². The molecule has 5 heteroatoms. The minimum absolute atomic E-state index is 0.133. The monoisotopic (exact) mass is 325 g/mol. The summed E-state index contributed by atoms with van der Waals surface area (Å²) in [5.41, 5.74) is 1.08. The van der Waals surface area contributed by atoms with Crippen molar-refractivity contribution in [3.8, 4) is 0 Å². The van der Waals surface area contributed by atoms with E-state index in [2.05, 4.69) is 32.8 Å². The summed E-state index contributed by atoms with van der Waals surface area (Å²) in [6.45, 7) is 2.09. The summed E-state index contributed by atoms with van der Waals surface area (Å²) in [6, 6.07) is 7.97. The molecule has 0 aliphatic heterocycles. The van der Waals surface area contributed by atoms with E-state index in [1.54, 1.807) is 12.4 Å². The molecule has 0 saturated heterocycles.